The van der Waals surface area contributed by atoms with Crippen LogP contribution in [0.2, 0.25) is 0 Å². The molecule has 10 heteroatoms. The molecule has 0 saturated heterocycles. The second kappa shape index (κ2) is 10.4. The Morgan fingerprint density at radius 3 is 2.49 bits per heavy atom. The summed E-state index contributed by atoms with van der Waals surface area (Å²) in [5.41, 5.74) is 5.12. The van der Waals surface area contributed by atoms with Gasteiger partial charge >= 0.3 is 6.18 Å². The van der Waals surface area contributed by atoms with Crippen LogP contribution >= 0.6 is 0 Å². The average molecular weight is 515 g/mol. The highest BCUT2D eigenvalue weighted by Crippen LogP contribution is 2.55. The number of rotatable bonds is 10. The first kappa shape index (κ1) is 26.4. The van der Waals surface area contributed by atoms with Gasteiger partial charge in [0.05, 0.1) is 16.8 Å². The van der Waals surface area contributed by atoms with Crippen LogP contribution in [-0.4, -0.2) is 48.9 Å². The van der Waals surface area contributed by atoms with Crippen molar-refractivity contribution in [3.8, 4) is 5.75 Å². The number of nitrogens with two attached hydrogens (primary N) is 1. The molecule has 1 heterocycles. The largest absolute Gasteiger partial charge is 0.489 e. The molecule has 0 spiro atoms. The zero-order valence-corrected chi connectivity index (χ0v) is 20.6. The molecule has 0 aliphatic heterocycles. The van der Waals surface area contributed by atoms with Gasteiger partial charge in [-0.25, -0.2) is 4.98 Å². The number of hydrogen-bond donors (Lipinski definition) is 2. The third-order valence-electron chi connectivity index (χ3n) is 6.65. The number of ether oxygens (including phenoxy) is 1. The van der Waals surface area contributed by atoms with Crippen molar-refractivity contribution in [1.82, 2.24) is 15.2 Å². The standard InChI is InChI=1S/C27H29F3N4O3/c1-34(2)12-11-32-25(36)26(15-21(26)24(31)35)14-17-7-9-19(10-8-17)37-16-18-13-23(27(28,29)30)33-22-6-4-3-5-20(18)22/h3-10,13,21H,11-12,14-16H2,1-2H3,(H2,31,35)(H,32,36)/t21-,26+/m1/s1. The van der Waals surface area contributed by atoms with Crippen molar-refractivity contribution in [3.05, 3.63) is 71.4 Å². The predicted molar refractivity (Wildman–Crippen MR) is 133 cm³/mol. The molecule has 3 aromatic rings. The van der Waals surface area contributed by atoms with Crippen LogP contribution < -0.4 is 15.8 Å². The van der Waals surface area contributed by atoms with E-state index in [0.717, 1.165) is 11.6 Å². The third-order valence-corrected chi connectivity index (χ3v) is 6.65. The Morgan fingerprint density at radius 2 is 1.86 bits per heavy atom. The van der Waals surface area contributed by atoms with Gasteiger partial charge < -0.3 is 20.7 Å². The number of benzene rings is 2. The van der Waals surface area contributed by atoms with Crippen LogP contribution in [0.4, 0.5) is 13.2 Å². The smallest absolute Gasteiger partial charge is 0.433 e. The van der Waals surface area contributed by atoms with Crippen molar-refractivity contribution < 1.29 is 27.5 Å². The van der Waals surface area contributed by atoms with Crippen LogP contribution in [0.25, 0.3) is 10.9 Å². The first-order valence-corrected chi connectivity index (χ1v) is 11.9. The van der Waals surface area contributed by atoms with Crippen LogP contribution in [0.5, 0.6) is 5.75 Å². The molecule has 1 saturated carbocycles. The first-order valence-electron chi connectivity index (χ1n) is 11.9. The summed E-state index contributed by atoms with van der Waals surface area (Å²) in [6, 6.07) is 14.6. The van der Waals surface area contributed by atoms with E-state index in [1.165, 1.54) is 6.07 Å². The number of carbonyl (C=O) groups is 2. The fourth-order valence-corrected chi connectivity index (χ4v) is 4.51. The van der Waals surface area contributed by atoms with E-state index in [9.17, 15) is 22.8 Å². The van der Waals surface area contributed by atoms with Crippen molar-refractivity contribution >= 4 is 22.7 Å². The lowest BCUT2D eigenvalue weighted by atomic mass is 9.92. The molecule has 2 amide bonds. The zero-order chi connectivity index (χ0) is 26.8. The quantitative estimate of drug-likeness (QED) is 0.431. The van der Waals surface area contributed by atoms with Gasteiger partial charge in [-0.3, -0.25) is 9.59 Å². The Morgan fingerprint density at radius 1 is 1.16 bits per heavy atom. The summed E-state index contributed by atoms with van der Waals surface area (Å²) in [6.07, 6.45) is -3.83. The van der Waals surface area contributed by atoms with E-state index in [2.05, 4.69) is 10.3 Å². The molecule has 196 valence electrons. The minimum atomic E-state index is -4.57. The molecule has 0 radical (unpaired) electrons. The topological polar surface area (TPSA) is 97.6 Å². The van der Waals surface area contributed by atoms with Gasteiger partial charge in [-0.05, 0) is 56.8 Å². The summed E-state index contributed by atoms with van der Waals surface area (Å²) in [4.78, 5) is 30.4. The molecule has 0 unspecified atom stereocenters. The minimum absolute atomic E-state index is 0.0760. The van der Waals surface area contributed by atoms with E-state index in [1.807, 2.05) is 19.0 Å². The van der Waals surface area contributed by atoms with Crippen LogP contribution in [-0.2, 0) is 28.8 Å². The van der Waals surface area contributed by atoms with Gasteiger partial charge in [0, 0.05) is 24.0 Å². The molecule has 2 atom stereocenters. The Bertz CT molecular complexity index is 1290. The fourth-order valence-electron chi connectivity index (χ4n) is 4.51. The van der Waals surface area contributed by atoms with Crippen LogP contribution in [0, 0.1) is 11.3 Å². The lowest BCUT2D eigenvalue weighted by Gasteiger charge is -2.18. The molecule has 1 aliphatic carbocycles. The molecule has 2 aromatic carbocycles. The van der Waals surface area contributed by atoms with Crippen molar-refractivity contribution in [3.63, 3.8) is 0 Å². The number of halogens is 3. The number of amides is 2. The van der Waals surface area contributed by atoms with E-state index in [-0.39, 0.29) is 18.0 Å². The van der Waals surface area contributed by atoms with E-state index in [0.29, 0.717) is 42.6 Å². The van der Waals surface area contributed by atoms with Crippen molar-refractivity contribution in [1.29, 1.82) is 0 Å². The molecule has 1 aromatic heterocycles. The second-order valence-corrected chi connectivity index (χ2v) is 9.67. The number of primary amides is 1. The van der Waals surface area contributed by atoms with Crippen molar-refractivity contribution in [2.24, 2.45) is 17.1 Å². The summed E-state index contributed by atoms with van der Waals surface area (Å²) in [5.74, 6) is -0.746. The molecule has 37 heavy (non-hydrogen) atoms. The van der Waals surface area contributed by atoms with Gasteiger partial charge in [-0.2, -0.15) is 13.2 Å². The summed E-state index contributed by atoms with van der Waals surface area (Å²) in [5, 5.41) is 3.49. The number of alkyl halides is 3. The lowest BCUT2D eigenvalue weighted by Crippen LogP contribution is -2.39. The van der Waals surface area contributed by atoms with E-state index < -0.39 is 29.1 Å². The number of aromatic nitrogens is 1. The number of carbonyl (C=O) groups excluding carboxylic acids is 2. The summed E-state index contributed by atoms with van der Waals surface area (Å²) >= 11 is 0. The van der Waals surface area contributed by atoms with Crippen molar-refractivity contribution in [2.45, 2.75) is 25.6 Å². The molecular weight excluding hydrogens is 485 g/mol. The summed E-state index contributed by atoms with van der Waals surface area (Å²) in [7, 11) is 3.81. The Balaban J connectivity index is 1.45. The third kappa shape index (κ3) is 6.02. The number of para-hydroxylation sites is 1. The highest BCUT2D eigenvalue weighted by Gasteiger charge is 2.62. The highest BCUT2D eigenvalue weighted by molar-refractivity contribution is 5.95. The number of fused-ring (bicyclic) bond motifs is 1. The SMILES string of the molecule is CN(C)CCNC(=O)[C@@]1(Cc2ccc(OCc3cc(C(F)(F)F)nc4ccccc34)cc2)C[C@@H]1C(N)=O. The van der Waals surface area contributed by atoms with E-state index >= 15 is 0 Å². The maximum atomic E-state index is 13.3. The van der Waals surface area contributed by atoms with Crippen molar-refractivity contribution in [2.75, 3.05) is 27.2 Å². The minimum Gasteiger partial charge on any atom is -0.489 e. The summed E-state index contributed by atoms with van der Waals surface area (Å²) < 4.78 is 45.8. The predicted octanol–water partition coefficient (Wildman–Crippen LogP) is 3.54. The number of hydrogen-bond acceptors (Lipinski definition) is 5. The highest BCUT2D eigenvalue weighted by atomic mass is 19.4. The second-order valence-electron chi connectivity index (χ2n) is 9.67. The zero-order valence-electron chi connectivity index (χ0n) is 20.6. The number of likely N-dealkylation sites (N-methyl/N-ethyl adjacent to an activating group) is 1. The normalized spacial score (nSPS) is 19.1. The van der Waals surface area contributed by atoms with Crippen LogP contribution in [0.15, 0.2) is 54.6 Å². The monoisotopic (exact) mass is 514 g/mol. The van der Waals surface area contributed by atoms with Gasteiger partial charge in [0.2, 0.25) is 11.8 Å². The molecule has 1 fully saturated rings. The molecule has 1 aliphatic rings. The molecule has 4 rings (SSSR count). The molecule has 0 bridgehead atoms. The van der Waals surface area contributed by atoms with Crippen LogP contribution in [0.1, 0.15) is 23.2 Å². The van der Waals surface area contributed by atoms with Gasteiger partial charge in [0.25, 0.3) is 0 Å². The number of nitrogens with zero attached hydrogens (tertiary/aromatic N) is 2. The maximum Gasteiger partial charge on any atom is 0.433 e. The van der Waals surface area contributed by atoms with Crippen LogP contribution in [0.3, 0.4) is 0 Å². The first-order chi connectivity index (χ1) is 17.5. The van der Waals surface area contributed by atoms with Gasteiger partial charge in [0.15, 0.2) is 0 Å². The fraction of sp³-hybridized carbons (Fsp3) is 0.370. The molecular formula is C27H29F3N4O3. The number of nitrogens with one attached hydrogen (secondary N) is 1. The van der Waals surface area contributed by atoms with E-state index in [1.54, 1.807) is 42.5 Å². The Hall–Kier alpha value is -3.66. The maximum absolute atomic E-state index is 13.3. The average Bonchev–Trinajstić information content (AvgIpc) is 3.58. The molecule has 7 nitrogen and oxygen atoms in total. The van der Waals surface area contributed by atoms with Gasteiger partial charge in [0.1, 0.15) is 18.1 Å². The van der Waals surface area contributed by atoms with Gasteiger partial charge in [-0.15, -0.1) is 0 Å². The Labute approximate surface area is 212 Å². The molecule has 3 N–H and O–H groups in total. The number of pyridine rings is 1. The van der Waals surface area contributed by atoms with Gasteiger partial charge in [-0.1, -0.05) is 30.3 Å². The Kier molecular flexibility index (Phi) is 7.40. The van der Waals surface area contributed by atoms with E-state index in [4.69, 9.17) is 10.5 Å². The lowest BCUT2D eigenvalue weighted by molar-refractivity contribution is -0.141. The summed E-state index contributed by atoms with van der Waals surface area (Å²) in [6.45, 7) is 1.06.